The van der Waals surface area contributed by atoms with Crippen LogP contribution >= 0.6 is 0 Å². The molecule has 1 aromatic carbocycles. The maximum absolute atomic E-state index is 13.6. The lowest BCUT2D eigenvalue weighted by atomic mass is 10.0. The van der Waals surface area contributed by atoms with Crippen molar-refractivity contribution >= 4 is 5.97 Å². The molecule has 5 heteroatoms. The first-order valence-electron chi connectivity index (χ1n) is 6.74. The van der Waals surface area contributed by atoms with Crippen molar-refractivity contribution in [3.05, 3.63) is 35.1 Å². The van der Waals surface area contributed by atoms with Crippen molar-refractivity contribution in [3.8, 4) is 0 Å². The van der Waals surface area contributed by atoms with Crippen LogP contribution < -0.4 is 0 Å². The Hall–Kier alpha value is -1.46. The zero-order chi connectivity index (χ0) is 14.7. The Morgan fingerprint density at radius 1 is 1.40 bits per heavy atom. The first kappa shape index (κ1) is 14.9. The summed E-state index contributed by atoms with van der Waals surface area (Å²) in [6.45, 7) is 4.05. The van der Waals surface area contributed by atoms with Crippen molar-refractivity contribution in [1.29, 1.82) is 0 Å². The number of aromatic carboxylic acids is 1. The lowest BCUT2D eigenvalue weighted by Crippen LogP contribution is -2.34. The second-order valence-corrected chi connectivity index (χ2v) is 5.27. The number of carboxylic acid groups (broad SMARTS) is 1. The van der Waals surface area contributed by atoms with E-state index in [1.54, 1.807) is 0 Å². The minimum atomic E-state index is -1.07. The van der Waals surface area contributed by atoms with Crippen LogP contribution in [0.5, 0.6) is 0 Å². The van der Waals surface area contributed by atoms with Gasteiger partial charge in [-0.2, -0.15) is 0 Å². The summed E-state index contributed by atoms with van der Waals surface area (Å²) in [6, 6.07) is 3.74. The van der Waals surface area contributed by atoms with Gasteiger partial charge in [0.15, 0.2) is 0 Å². The molecule has 4 nitrogen and oxygen atoms in total. The molecule has 1 fully saturated rings. The highest BCUT2D eigenvalue weighted by Crippen LogP contribution is 2.23. The van der Waals surface area contributed by atoms with Crippen molar-refractivity contribution < 1.29 is 23.8 Å². The van der Waals surface area contributed by atoms with Gasteiger partial charge in [-0.05, 0) is 44.9 Å². The van der Waals surface area contributed by atoms with Gasteiger partial charge in [0.2, 0.25) is 0 Å². The molecule has 1 N–H and O–H groups in total. The largest absolute Gasteiger partial charge is 0.478 e. The number of rotatable bonds is 4. The fourth-order valence-corrected chi connectivity index (χ4v) is 2.51. The maximum atomic E-state index is 13.6. The van der Waals surface area contributed by atoms with E-state index < -0.39 is 11.8 Å². The summed E-state index contributed by atoms with van der Waals surface area (Å²) in [5.74, 6) is -1.51. The van der Waals surface area contributed by atoms with Gasteiger partial charge >= 0.3 is 5.97 Å². The molecule has 1 heterocycles. The first-order valence-corrected chi connectivity index (χ1v) is 6.74. The number of halogens is 1. The topological polar surface area (TPSA) is 55.8 Å². The normalized spacial score (nSPS) is 26.4. The third kappa shape index (κ3) is 3.77. The molecule has 1 aliphatic rings. The summed E-state index contributed by atoms with van der Waals surface area (Å²) in [5, 5.41) is 8.91. The van der Waals surface area contributed by atoms with Crippen molar-refractivity contribution in [2.45, 2.75) is 51.6 Å². The molecule has 0 radical (unpaired) electrons. The van der Waals surface area contributed by atoms with Crippen molar-refractivity contribution in [3.63, 3.8) is 0 Å². The number of carboxylic acids is 1. The highest BCUT2D eigenvalue weighted by Gasteiger charge is 2.25. The Labute approximate surface area is 117 Å². The van der Waals surface area contributed by atoms with Crippen LogP contribution in [0.25, 0.3) is 0 Å². The summed E-state index contributed by atoms with van der Waals surface area (Å²) in [5.41, 5.74) is 0.343. The molecule has 1 saturated heterocycles. The van der Waals surface area contributed by atoms with E-state index in [9.17, 15) is 9.18 Å². The monoisotopic (exact) mass is 282 g/mol. The van der Waals surface area contributed by atoms with Gasteiger partial charge in [0.25, 0.3) is 0 Å². The molecule has 20 heavy (non-hydrogen) atoms. The van der Waals surface area contributed by atoms with E-state index in [-0.39, 0.29) is 36.0 Å². The van der Waals surface area contributed by atoms with Crippen molar-refractivity contribution in [2.24, 2.45) is 0 Å². The van der Waals surface area contributed by atoms with Gasteiger partial charge in [-0.25, -0.2) is 9.18 Å². The van der Waals surface area contributed by atoms with Gasteiger partial charge in [-0.3, -0.25) is 0 Å². The van der Waals surface area contributed by atoms with Crippen LogP contribution in [-0.4, -0.2) is 29.4 Å². The number of ether oxygens (including phenoxy) is 2. The predicted octanol–water partition coefficient (Wildman–Crippen LogP) is 3.00. The zero-order valence-electron chi connectivity index (χ0n) is 11.6. The second kappa shape index (κ2) is 6.33. The molecule has 2 atom stereocenters. The van der Waals surface area contributed by atoms with Gasteiger partial charge in [-0.15, -0.1) is 0 Å². The van der Waals surface area contributed by atoms with E-state index >= 15 is 0 Å². The Bertz CT molecular complexity index is 479. The standard InChI is InChI=1S/C15H19FO4/c1-9-5-13(6-10(2)20-9)19-8-12-7-11(15(17)18)3-4-14(12)16/h3-4,7,9-10,13H,5-6,8H2,1-2H3,(H,17,18). The van der Waals surface area contributed by atoms with Crippen LogP contribution in [0.4, 0.5) is 4.39 Å². The van der Waals surface area contributed by atoms with Gasteiger partial charge in [0.1, 0.15) is 5.82 Å². The predicted molar refractivity (Wildman–Crippen MR) is 71.2 cm³/mol. The van der Waals surface area contributed by atoms with Crippen LogP contribution in [0, 0.1) is 5.82 Å². The molecular formula is C15H19FO4. The van der Waals surface area contributed by atoms with E-state index in [1.807, 2.05) is 13.8 Å². The van der Waals surface area contributed by atoms with Gasteiger partial charge < -0.3 is 14.6 Å². The van der Waals surface area contributed by atoms with Crippen LogP contribution in [0.2, 0.25) is 0 Å². The fraction of sp³-hybridized carbons (Fsp3) is 0.533. The number of hydrogen-bond donors (Lipinski definition) is 1. The average Bonchev–Trinajstić information content (AvgIpc) is 2.36. The summed E-state index contributed by atoms with van der Waals surface area (Å²) >= 11 is 0. The third-order valence-corrected chi connectivity index (χ3v) is 3.42. The lowest BCUT2D eigenvalue weighted by Gasteiger charge is -2.32. The average molecular weight is 282 g/mol. The summed E-state index contributed by atoms with van der Waals surface area (Å²) in [4.78, 5) is 10.9. The van der Waals surface area contributed by atoms with Crippen LogP contribution in [0.3, 0.4) is 0 Å². The van der Waals surface area contributed by atoms with E-state index in [1.165, 1.54) is 12.1 Å². The SMILES string of the molecule is CC1CC(OCc2cc(C(=O)O)ccc2F)CC(C)O1. The summed E-state index contributed by atoms with van der Waals surface area (Å²) in [6.07, 6.45) is 1.80. The van der Waals surface area contributed by atoms with Crippen LogP contribution in [-0.2, 0) is 16.1 Å². The second-order valence-electron chi connectivity index (χ2n) is 5.27. The molecule has 1 aromatic rings. The molecule has 0 saturated carbocycles. The van der Waals surface area contributed by atoms with Gasteiger partial charge in [0, 0.05) is 5.56 Å². The fourth-order valence-electron chi connectivity index (χ4n) is 2.51. The van der Waals surface area contributed by atoms with Gasteiger partial charge in [-0.1, -0.05) is 0 Å². The molecule has 2 rings (SSSR count). The molecule has 0 aromatic heterocycles. The molecule has 0 spiro atoms. The number of benzene rings is 1. The van der Waals surface area contributed by atoms with Gasteiger partial charge in [0.05, 0.1) is 30.5 Å². The molecule has 110 valence electrons. The molecule has 1 aliphatic heterocycles. The highest BCUT2D eigenvalue weighted by molar-refractivity contribution is 5.87. The lowest BCUT2D eigenvalue weighted by molar-refractivity contribution is -0.106. The van der Waals surface area contributed by atoms with Crippen molar-refractivity contribution in [2.75, 3.05) is 0 Å². The molecule has 0 bridgehead atoms. The van der Waals surface area contributed by atoms with Crippen LogP contribution in [0.15, 0.2) is 18.2 Å². The minimum Gasteiger partial charge on any atom is -0.478 e. The smallest absolute Gasteiger partial charge is 0.335 e. The quantitative estimate of drug-likeness (QED) is 0.922. The number of carbonyl (C=O) groups is 1. The van der Waals surface area contributed by atoms with E-state index in [0.717, 1.165) is 18.9 Å². The molecular weight excluding hydrogens is 263 g/mol. The van der Waals surface area contributed by atoms with E-state index in [4.69, 9.17) is 14.6 Å². The van der Waals surface area contributed by atoms with Crippen LogP contribution in [0.1, 0.15) is 42.6 Å². The Kier molecular flexibility index (Phi) is 4.73. The minimum absolute atomic E-state index is 0.0154. The molecule has 2 unspecified atom stereocenters. The highest BCUT2D eigenvalue weighted by atomic mass is 19.1. The first-order chi connectivity index (χ1) is 9.45. The summed E-state index contributed by atoms with van der Waals surface area (Å²) in [7, 11) is 0. The third-order valence-electron chi connectivity index (χ3n) is 3.42. The number of hydrogen-bond acceptors (Lipinski definition) is 3. The zero-order valence-corrected chi connectivity index (χ0v) is 11.6. The summed E-state index contributed by atoms with van der Waals surface area (Å²) < 4.78 is 25.0. The Balaban J connectivity index is 1.99. The van der Waals surface area contributed by atoms with Crippen molar-refractivity contribution in [1.82, 2.24) is 0 Å². The van der Waals surface area contributed by atoms with E-state index in [0.29, 0.717) is 0 Å². The maximum Gasteiger partial charge on any atom is 0.335 e. The Morgan fingerprint density at radius 3 is 2.65 bits per heavy atom. The Morgan fingerprint density at radius 2 is 2.05 bits per heavy atom. The molecule has 0 amide bonds. The van der Waals surface area contributed by atoms with E-state index in [2.05, 4.69) is 0 Å². The molecule has 0 aliphatic carbocycles.